The summed E-state index contributed by atoms with van der Waals surface area (Å²) in [4.78, 5) is 40.0. The van der Waals surface area contributed by atoms with Gasteiger partial charge in [-0.05, 0) is 81.8 Å². The second kappa shape index (κ2) is 18.9. The lowest BCUT2D eigenvalue weighted by atomic mass is 9.78. The topological polar surface area (TPSA) is 111 Å². The number of Topliss-reactive ketones (excluding diaryl/α,β-unsaturated/α-hetero) is 1. The summed E-state index contributed by atoms with van der Waals surface area (Å²) in [5.41, 5.74) is 2.29. The van der Waals surface area contributed by atoms with Crippen LogP contribution in [0, 0.1) is 17.8 Å². The van der Waals surface area contributed by atoms with Crippen LogP contribution in [0.3, 0.4) is 0 Å². The number of ketones is 1. The Bertz CT molecular complexity index is 1140. The Kier molecular flexibility index (Phi) is 14.6. The number of hydrogen-bond donors (Lipinski definition) is 2. The fourth-order valence-electron chi connectivity index (χ4n) is 7.00. The first-order chi connectivity index (χ1) is 21.9. The summed E-state index contributed by atoms with van der Waals surface area (Å²) in [5, 5.41) is 12.8. The van der Waals surface area contributed by atoms with Crippen LogP contribution >= 0.6 is 0 Å². The van der Waals surface area contributed by atoms with Crippen molar-refractivity contribution in [1.29, 1.82) is 0 Å². The van der Waals surface area contributed by atoms with Gasteiger partial charge in [-0.1, -0.05) is 61.2 Å². The minimum Gasteiger partial charge on any atom is -0.512 e. The fourth-order valence-corrected chi connectivity index (χ4v) is 7.00. The van der Waals surface area contributed by atoms with Gasteiger partial charge in [0.15, 0.2) is 5.78 Å². The number of hydrogen-bond acceptors (Lipinski definition) is 7. The van der Waals surface area contributed by atoms with E-state index in [2.05, 4.69) is 17.4 Å². The van der Waals surface area contributed by atoms with E-state index in [9.17, 15) is 19.5 Å². The van der Waals surface area contributed by atoms with Crippen molar-refractivity contribution in [3.05, 3.63) is 59.4 Å². The molecule has 8 heteroatoms. The Labute approximate surface area is 269 Å². The van der Waals surface area contributed by atoms with Crippen LogP contribution in [-0.2, 0) is 35.2 Å². The highest BCUT2D eigenvalue weighted by atomic mass is 16.5. The summed E-state index contributed by atoms with van der Waals surface area (Å²) >= 11 is 0. The third-order valence-corrected chi connectivity index (χ3v) is 9.67. The first kappa shape index (κ1) is 34.9. The molecule has 0 aliphatic heterocycles. The van der Waals surface area contributed by atoms with Crippen LogP contribution in [-0.4, -0.2) is 55.2 Å². The predicted octanol–water partition coefficient (Wildman–Crippen LogP) is 6.92. The monoisotopic (exact) mass is 623 g/mol. The number of methoxy groups -OCH3 is 1. The van der Waals surface area contributed by atoms with Gasteiger partial charge < -0.3 is 24.6 Å². The van der Waals surface area contributed by atoms with Crippen LogP contribution in [0.5, 0.6) is 0 Å². The number of carbonyl (C=O) groups excluding carboxylic acids is 3. The summed E-state index contributed by atoms with van der Waals surface area (Å²) in [6.07, 6.45) is 14.9. The molecule has 3 aliphatic carbocycles. The van der Waals surface area contributed by atoms with Gasteiger partial charge >= 0.3 is 5.97 Å². The number of esters is 1. The molecule has 1 aromatic carbocycles. The first-order valence-electron chi connectivity index (χ1n) is 17.1. The average Bonchev–Trinajstić information content (AvgIpc) is 3.29. The van der Waals surface area contributed by atoms with Gasteiger partial charge in [-0.2, -0.15) is 0 Å². The summed E-state index contributed by atoms with van der Waals surface area (Å²) in [7, 11) is 1.41. The predicted molar refractivity (Wildman–Crippen MR) is 173 cm³/mol. The molecular weight excluding hydrogens is 570 g/mol. The van der Waals surface area contributed by atoms with Gasteiger partial charge in [0.25, 0.3) is 0 Å². The molecule has 0 saturated heterocycles. The Morgan fingerprint density at radius 3 is 2.38 bits per heavy atom. The van der Waals surface area contributed by atoms with Crippen LogP contribution < -0.4 is 5.32 Å². The van der Waals surface area contributed by atoms with Crippen molar-refractivity contribution in [2.45, 2.75) is 115 Å². The summed E-state index contributed by atoms with van der Waals surface area (Å²) in [5.74, 6) is -0.316. The van der Waals surface area contributed by atoms with Crippen LogP contribution in [0.4, 0.5) is 0 Å². The highest BCUT2D eigenvalue weighted by molar-refractivity contribution is 5.91. The van der Waals surface area contributed by atoms with Crippen LogP contribution in [0.1, 0.15) is 102 Å². The molecule has 2 saturated carbocycles. The van der Waals surface area contributed by atoms with E-state index in [4.69, 9.17) is 14.2 Å². The number of benzene rings is 1. The van der Waals surface area contributed by atoms with Crippen molar-refractivity contribution in [3.8, 4) is 0 Å². The number of unbranched alkanes of at least 4 members (excludes halogenated alkanes) is 1. The number of allylic oxidation sites excluding steroid dienone is 4. The van der Waals surface area contributed by atoms with Crippen molar-refractivity contribution >= 4 is 17.7 Å². The fraction of sp³-hybridized carbons (Fsp3) is 0.649. The van der Waals surface area contributed by atoms with E-state index >= 15 is 0 Å². The molecule has 4 atom stereocenters. The lowest BCUT2D eigenvalue weighted by molar-refractivity contribution is -0.147. The van der Waals surface area contributed by atoms with E-state index in [1.165, 1.54) is 7.11 Å². The Hall–Kier alpha value is -2.97. The van der Waals surface area contributed by atoms with Crippen molar-refractivity contribution in [2.75, 3.05) is 20.3 Å². The molecule has 3 unspecified atom stereocenters. The van der Waals surface area contributed by atoms with Crippen molar-refractivity contribution in [2.24, 2.45) is 17.8 Å². The summed E-state index contributed by atoms with van der Waals surface area (Å²) < 4.78 is 17.2. The lowest BCUT2D eigenvalue weighted by Gasteiger charge is -2.33. The number of aliphatic hydroxyl groups is 1. The van der Waals surface area contributed by atoms with E-state index in [1.807, 2.05) is 24.3 Å². The average molecular weight is 624 g/mol. The molecule has 0 radical (unpaired) electrons. The molecule has 0 bridgehead atoms. The zero-order valence-corrected chi connectivity index (χ0v) is 27.1. The molecule has 2 N–H and O–H groups in total. The van der Waals surface area contributed by atoms with Gasteiger partial charge in [0.2, 0.25) is 5.91 Å². The minimum atomic E-state index is -0.510. The number of aliphatic hydroxyl groups excluding tert-OH is 1. The first-order valence-corrected chi connectivity index (χ1v) is 17.1. The van der Waals surface area contributed by atoms with Gasteiger partial charge in [0.05, 0.1) is 37.5 Å². The zero-order chi connectivity index (χ0) is 31.9. The smallest absolute Gasteiger partial charge is 0.308 e. The van der Waals surface area contributed by atoms with E-state index < -0.39 is 6.04 Å². The second-order valence-corrected chi connectivity index (χ2v) is 13.0. The largest absolute Gasteiger partial charge is 0.512 e. The molecule has 0 heterocycles. The number of nitrogens with one attached hydrogen (secondary N) is 1. The van der Waals surface area contributed by atoms with E-state index in [0.29, 0.717) is 70.5 Å². The third kappa shape index (κ3) is 11.7. The van der Waals surface area contributed by atoms with E-state index in [-0.39, 0.29) is 41.5 Å². The highest BCUT2D eigenvalue weighted by Crippen LogP contribution is 2.35. The standard InChI is InChI=1S/C37H53NO7/c1-43-37(42)31-18-17-30(24-33(25-31)45-23-9-8-22-44-26-28-10-4-2-5-11-28)36(41)35(29-12-6-3-7-13-29)38-34(40)21-16-27-14-19-32(39)20-15-27/h2,4-5,10-11,14,19,29-31,33,35,39H,3,6-9,12-13,15-18,20-26H2,1H3,(H,38,40)/t30?,31?,33-,35?/m0/s1. The Morgan fingerprint density at radius 1 is 0.911 bits per heavy atom. The minimum absolute atomic E-state index is 0.0911. The molecule has 45 heavy (non-hydrogen) atoms. The van der Waals surface area contributed by atoms with Gasteiger partial charge in [0.1, 0.15) is 0 Å². The normalized spacial score (nSPS) is 23.3. The number of ether oxygens (including phenoxy) is 3. The van der Waals surface area contributed by atoms with Gasteiger partial charge in [-0.15, -0.1) is 0 Å². The zero-order valence-electron chi connectivity index (χ0n) is 27.1. The van der Waals surface area contributed by atoms with Crippen LogP contribution in [0.25, 0.3) is 0 Å². The lowest BCUT2D eigenvalue weighted by Crippen LogP contribution is -2.49. The van der Waals surface area contributed by atoms with Crippen LogP contribution in [0.15, 0.2) is 53.8 Å². The SMILES string of the molecule is COC(=O)C1CCC(C(=O)C(NC(=O)CCC2=CC=C(O)CC2)C2CCCCC2)C[C@H](OCCCCOCc2ccccc2)C1. The molecule has 4 rings (SSSR count). The molecule has 1 aromatic rings. The maximum absolute atomic E-state index is 14.2. The molecule has 248 valence electrons. The molecular formula is C37H53NO7. The molecule has 8 nitrogen and oxygen atoms in total. The summed E-state index contributed by atoms with van der Waals surface area (Å²) in [6, 6.07) is 9.60. The van der Waals surface area contributed by atoms with Gasteiger partial charge in [0, 0.05) is 32.0 Å². The highest BCUT2D eigenvalue weighted by Gasteiger charge is 2.39. The number of amides is 1. The maximum Gasteiger partial charge on any atom is 0.308 e. The molecule has 3 aliphatic rings. The van der Waals surface area contributed by atoms with E-state index in [0.717, 1.165) is 62.5 Å². The molecule has 1 amide bonds. The van der Waals surface area contributed by atoms with E-state index in [1.54, 1.807) is 6.08 Å². The van der Waals surface area contributed by atoms with Crippen molar-refractivity contribution in [3.63, 3.8) is 0 Å². The maximum atomic E-state index is 14.2. The van der Waals surface area contributed by atoms with Gasteiger partial charge in [-0.25, -0.2) is 0 Å². The molecule has 2 fully saturated rings. The Balaban J connectivity index is 1.33. The van der Waals surface area contributed by atoms with Crippen LogP contribution in [0.2, 0.25) is 0 Å². The van der Waals surface area contributed by atoms with Crippen molar-refractivity contribution in [1.82, 2.24) is 5.32 Å². The number of rotatable bonds is 16. The van der Waals surface area contributed by atoms with Crippen molar-refractivity contribution < 1.29 is 33.7 Å². The third-order valence-electron chi connectivity index (χ3n) is 9.67. The quantitative estimate of drug-likeness (QED) is 0.117. The Morgan fingerprint density at radius 2 is 1.64 bits per heavy atom. The molecule has 0 aromatic heterocycles. The molecule has 0 spiro atoms. The van der Waals surface area contributed by atoms with Gasteiger partial charge in [-0.3, -0.25) is 14.4 Å². The summed E-state index contributed by atoms with van der Waals surface area (Å²) in [6.45, 7) is 1.78. The number of carbonyl (C=O) groups is 3. The second-order valence-electron chi connectivity index (χ2n) is 13.0.